The number of amides is 1. The fourth-order valence-electron chi connectivity index (χ4n) is 6.74. The van der Waals surface area contributed by atoms with Crippen LogP contribution in [0, 0.1) is 11.8 Å². The topological polar surface area (TPSA) is 178 Å². The van der Waals surface area contributed by atoms with Crippen LogP contribution in [0.25, 0.3) is 5.76 Å². The number of pyridine rings is 1. The van der Waals surface area contributed by atoms with Gasteiger partial charge in [0.1, 0.15) is 22.8 Å². The number of rotatable bonds is 6. The first-order chi connectivity index (χ1) is 19.3. The minimum Gasteiger partial charge on any atom is -0.508 e. The summed E-state index contributed by atoms with van der Waals surface area (Å²) in [5.41, 5.74) is 4.54. The number of nitrogens with two attached hydrogens (primary N) is 1. The number of ketones is 2. The molecule has 6 N–H and O–H groups in total. The van der Waals surface area contributed by atoms with Gasteiger partial charge in [-0.1, -0.05) is 6.07 Å². The first-order valence-corrected chi connectivity index (χ1v) is 13.4. The van der Waals surface area contributed by atoms with Crippen LogP contribution in [0.1, 0.15) is 28.8 Å². The van der Waals surface area contributed by atoms with Crippen molar-refractivity contribution in [1.82, 2.24) is 9.88 Å². The Kier molecular flexibility index (Phi) is 6.91. The highest BCUT2D eigenvalue weighted by atomic mass is 16.3. The highest BCUT2D eigenvalue weighted by Gasteiger charge is 2.64. The minimum atomic E-state index is -2.67. The average molecular weight is 563 g/mol. The summed E-state index contributed by atoms with van der Waals surface area (Å²) < 4.78 is 0. The van der Waals surface area contributed by atoms with E-state index in [9.17, 15) is 34.8 Å². The van der Waals surface area contributed by atoms with Crippen molar-refractivity contribution >= 4 is 28.9 Å². The third-order valence-electron chi connectivity index (χ3n) is 8.63. The Morgan fingerprint density at radius 1 is 1.12 bits per heavy atom. The molecule has 0 aliphatic heterocycles. The number of carbonyl (C=O) groups is 3. The van der Waals surface area contributed by atoms with Gasteiger partial charge in [-0.15, -0.1) is 0 Å². The van der Waals surface area contributed by atoms with E-state index in [1.807, 2.05) is 43.3 Å². The number of hydrogen-bond donors (Lipinski definition) is 5. The van der Waals surface area contributed by atoms with Gasteiger partial charge in [-0.25, -0.2) is 0 Å². The molecular formula is C30H34N4O7. The lowest BCUT2D eigenvalue weighted by Crippen LogP contribution is -2.65. The van der Waals surface area contributed by atoms with Crippen LogP contribution >= 0.6 is 0 Å². The van der Waals surface area contributed by atoms with Gasteiger partial charge in [0.25, 0.3) is 5.91 Å². The summed E-state index contributed by atoms with van der Waals surface area (Å²) in [4.78, 5) is 47.2. The highest BCUT2D eigenvalue weighted by molar-refractivity contribution is 6.24. The summed E-state index contributed by atoms with van der Waals surface area (Å²) in [6, 6.07) is 6.30. The van der Waals surface area contributed by atoms with E-state index in [-0.39, 0.29) is 29.7 Å². The maximum absolute atomic E-state index is 14.1. The van der Waals surface area contributed by atoms with Crippen LogP contribution in [-0.4, -0.2) is 87.6 Å². The third kappa shape index (κ3) is 4.18. The second kappa shape index (κ2) is 10.0. The van der Waals surface area contributed by atoms with Crippen molar-refractivity contribution in [3.8, 4) is 5.75 Å². The Hall–Kier alpha value is -4.22. The van der Waals surface area contributed by atoms with E-state index in [4.69, 9.17) is 5.73 Å². The van der Waals surface area contributed by atoms with Gasteiger partial charge < -0.3 is 31.1 Å². The fourth-order valence-corrected chi connectivity index (χ4v) is 6.74. The number of primary amides is 1. The molecule has 41 heavy (non-hydrogen) atoms. The maximum Gasteiger partial charge on any atom is 0.255 e. The molecule has 3 aliphatic carbocycles. The lowest BCUT2D eigenvalue weighted by Gasteiger charge is -2.50. The molecule has 1 heterocycles. The number of aromatic nitrogens is 1. The molecule has 0 saturated heterocycles. The number of Topliss-reactive ketones (excluding diaryl/α,β-unsaturated/α-hetero) is 2. The van der Waals surface area contributed by atoms with Gasteiger partial charge in [-0.2, -0.15) is 0 Å². The molecule has 0 bridgehead atoms. The van der Waals surface area contributed by atoms with E-state index >= 15 is 0 Å². The summed E-state index contributed by atoms with van der Waals surface area (Å²) >= 11 is 0. The van der Waals surface area contributed by atoms with Gasteiger partial charge in [0, 0.05) is 43.2 Å². The number of benzene rings is 1. The van der Waals surface area contributed by atoms with E-state index in [1.165, 1.54) is 4.90 Å². The molecule has 4 atom stereocenters. The lowest BCUT2D eigenvalue weighted by molar-refractivity contribution is -0.153. The van der Waals surface area contributed by atoms with Gasteiger partial charge >= 0.3 is 0 Å². The molecule has 1 saturated carbocycles. The van der Waals surface area contributed by atoms with Crippen molar-refractivity contribution in [2.24, 2.45) is 17.6 Å². The first kappa shape index (κ1) is 28.3. The van der Waals surface area contributed by atoms with Crippen LogP contribution < -0.4 is 10.6 Å². The largest absolute Gasteiger partial charge is 0.508 e. The molecule has 1 aromatic carbocycles. The van der Waals surface area contributed by atoms with Gasteiger partial charge in [-0.05, 0) is 75.0 Å². The number of hydrogen-bond acceptors (Lipinski definition) is 10. The van der Waals surface area contributed by atoms with E-state index in [2.05, 4.69) is 4.98 Å². The smallest absolute Gasteiger partial charge is 0.255 e. The number of fused-ring (bicyclic) bond motifs is 3. The number of aliphatic hydroxyl groups is 3. The van der Waals surface area contributed by atoms with Crippen LogP contribution in [0.15, 0.2) is 47.4 Å². The fraction of sp³-hybridized carbons (Fsp3) is 0.400. The SMILES string of the molecule is CN(C)c1cc(CCc2ccccn2)c(O)c2c1C[C@@H]1C[C@@H]3[C@@H](N(C)C)C(=O)C(C(N)=O)=C(O)[C@@]3(O)C(=O)C1=C2O. The Morgan fingerprint density at radius 2 is 1.83 bits per heavy atom. The molecule has 0 radical (unpaired) electrons. The number of phenolic OH excluding ortho intramolecular Hbond substituents is 1. The molecule has 1 amide bonds. The molecule has 216 valence electrons. The average Bonchev–Trinajstić information content (AvgIpc) is 2.90. The Morgan fingerprint density at radius 3 is 2.41 bits per heavy atom. The molecule has 5 rings (SSSR count). The predicted octanol–water partition coefficient (Wildman–Crippen LogP) is 1.21. The van der Waals surface area contributed by atoms with Gasteiger partial charge in [-0.3, -0.25) is 24.3 Å². The zero-order valence-corrected chi connectivity index (χ0v) is 23.4. The van der Waals surface area contributed by atoms with Crippen LogP contribution in [0.2, 0.25) is 0 Å². The van der Waals surface area contributed by atoms with Crippen LogP contribution in [-0.2, 0) is 33.6 Å². The van der Waals surface area contributed by atoms with E-state index in [0.717, 1.165) is 11.4 Å². The number of aromatic hydroxyl groups is 1. The van der Waals surface area contributed by atoms with Gasteiger partial charge in [0.15, 0.2) is 11.4 Å². The predicted molar refractivity (Wildman–Crippen MR) is 150 cm³/mol. The number of aliphatic hydroxyl groups excluding tert-OH is 2. The molecule has 1 aromatic heterocycles. The zero-order chi connectivity index (χ0) is 30.0. The van der Waals surface area contributed by atoms with E-state index < -0.39 is 58.0 Å². The summed E-state index contributed by atoms with van der Waals surface area (Å²) in [6.45, 7) is 0. The highest BCUT2D eigenvalue weighted by Crippen LogP contribution is 2.54. The number of carbonyl (C=O) groups excluding carboxylic acids is 3. The number of phenols is 1. The monoisotopic (exact) mass is 562 g/mol. The summed E-state index contributed by atoms with van der Waals surface area (Å²) in [7, 11) is 6.82. The normalized spacial score (nSPS) is 25.7. The first-order valence-electron chi connectivity index (χ1n) is 13.4. The standard InChI is InChI=1S/C30H34N4O7/c1-33(2)19-13-14(8-9-16-7-5-6-10-32-16)24(35)21-17(19)11-15-12-18-23(34(3)4)26(37)22(29(31)40)28(39)30(18,41)27(38)20(15)25(21)36/h5-7,10,13,15,18,23,35-36,39,41H,8-9,11-12H2,1-4H3,(H2,31,40)/t15-,18-,23-,30+/m1/s1. The van der Waals surface area contributed by atoms with Crippen LogP contribution in [0.4, 0.5) is 5.69 Å². The van der Waals surface area contributed by atoms with Crippen molar-refractivity contribution < 1.29 is 34.8 Å². The quantitative estimate of drug-likeness (QED) is 0.322. The molecular weight excluding hydrogens is 528 g/mol. The number of likely N-dealkylation sites (N-methyl/N-ethyl adjacent to an activating group) is 1. The van der Waals surface area contributed by atoms with Gasteiger partial charge in [0.2, 0.25) is 5.78 Å². The Labute approximate surface area is 237 Å². The van der Waals surface area contributed by atoms with Crippen LogP contribution in [0.5, 0.6) is 5.75 Å². The molecule has 0 spiro atoms. The number of nitrogens with zero attached hydrogens (tertiary/aromatic N) is 3. The minimum absolute atomic E-state index is 0.0425. The number of anilines is 1. The summed E-state index contributed by atoms with van der Waals surface area (Å²) in [6.07, 6.45) is 2.89. The second-order valence-corrected chi connectivity index (χ2v) is 11.4. The van der Waals surface area contributed by atoms with E-state index in [0.29, 0.717) is 24.0 Å². The Balaban J connectivity index is 1.68. The summed E-state index contributed by atoms with van der Waals surface area (Å²) in [5.74, 6) is -6.60. The molecule has 0 unspecified atom stereocenters. The molecule has 1 fully saturated rings. The third-order valence-corrected chi connectivity index (χ3v) is 8.63. The zero-order valence-electron chi connectivity index (χ0n) is 23.4. The van der Waals surface area contributed by atoms with Crippen molar-refractivity contribution in [1.29, 1.82) is 0 Å². The Bertz CT molecular complexity index is 1530. The molecule has 11 nitrogen and oxygen atoms in total. The lowest BCUT2D eigenvalue weighted by atomic mass is 9.57. The van der Waals surface area contributed by atoms with Crippen molar-refractivity contribution in [2.75, 3.05) is 33.1 Å². The summed E-state index contributed by atoms with van der Waals surface area (Å²) in [5, 5.41) is 45.8. The maximum atomic E-state index is 14.1. The van der Waals surface area contributed by atoms with Crippen molar-refractivity contribution in [2.45, 2.75) is 37.3 Å². The molecule has 11 heteroatoms. The van der Waals surface area contributed by atoms with Crippen molar-refractivity contribution in [3.63, 3.8) is 0 Å². The molecule has 2 aromatic rings. The van der Waals surface area contributed by atoms with Crippen LogP contribution in [0.3, 0.4) is 0 Å². The van der Waals surface area contributed by atoms with E-state index in [1.54, 1.807) is 20.3 Å². The molecule has 3 aliphatic rings. The van der Waals surface area contributed by atoms with Crippen molar-refractivity contribution in [3.05, 3.63) is 69.8 Å². The van der Waals surface area contributed by atoms with Gasteiger partial charge in [0.05, 0.1) is 11.6 Å². The second-order valence-electron chi connectivity index (χ2n) is 11.4. The number of aryl methyl sites for hydroxylation is 2.